The summed E-state index contributed by atoms with van der Waals surface area (Å²) >= 11 is 0. The highest BCUT2D eigenvalue weighted by Gasteiger charge is 2.38. The summed E-state index contributed by atoms with van der Waals surface area (Å²) in [6, 6.07) is 5.91. The summed E-state index contributed by atoms with van der Waals surface area (Å²) in [5.41, 5.74) is 1.51. The predicted octanol–water partition coefficient (Wildman–Crippen LogP) is 1.24. The fourth-order valence-corrected chi connectivity index (χ4v) is 2.16. The molecule has 0 saturated carbocycles. The van der Waals surface area contributed by atoms with Crippen molar-refractivity contribution >= 4 is 17.7 Å². The van der Waals surface area contributed by atoms with Crippen molar-refractivity contribution in [1.82, 2.24) is 5.32 Å². The summed E-state index contributed by atoms with van der Waals surface area (Å²) in [5, 5.41) is 11.9. The number of hydrogen-bond donors (Lipinski definition) is 2. The number of nitrogens with zero attached hydrogens (tertiary/aromatic N) is 1. The maximum absolute atomic E-state index is 12.1. The molecule has 0 saturated heterocycles. The van der Waals surface area contributed by atoms with Crippen molar-refractivity contribution < 1.29 is 14.7 Å². The van der Waals surface area contributed by atoms with Gasteiger partial charge in [0.25, 0.3) is 0 Å². The number of hydrogen-bond acceptors (Lipinski definition) is 2. The molecule has 1 unspecified atom stereocenters. The second-order valence-electron chi connectivity index (χ2n) is 4.24. The molecule has 98 valence electrons. The number of benzene rings is 1. The molecule has 5 nitrogen and oxygen atoms in total. The highest BCUT2D eigenvalue weighted by Crippen LogP contribution is 2.32. The molecule has 2 N–H and O–H groups in total. The first-order chi connectivity index (χ1) is 9.15. The van der Waals surface area contributed by atoms with Crippen LogP contribution in [0.1, 0.15) is 12.0 Å². The molecule has 0 aromatic heterocycles. The highest BCUT2D eigenvalue weighted by molar-refractivity contribution is 6.01. The van der Waals surface area contributed by atoms with E-state index in [2.05, 4.69) is 11.2 Å². The molecule has 1 aromatic rings. The van der Waals surface area contributed by atoms with Crippen LogP contribution in [0.15, 0.2) is 24.3 Å². The lowest BCUT2D eigenvalue weighted by Gasteiger charge is -2.22. The normalized spacial score (nSPS) is 16.6. The van der Waals surface area contributed by atoms with Gasteiger partial charge in [0.15, 0.2) is 0 Å². The molecule has 1 heterocycles. The number of rotatable bonds is 3. The number of para-hydroxylation sites is 1. The molecular formula is C14H14N2O3. The zero-order chi connectivity index (χ0) is 13.8. The summed E-state index contributed by atoms with van der Waals surface area (Å²) < 4.78 is 0. The topological polar surface area (TPSA) is 69.6 Å². The van der Waals surface area contributed by atoms with Crippen LogP contribution in [-0.4, -0.2) is 29.7 Å². The third-order valence-corrected chi connectivity index (χ3v) is 3.03. The minimum Gasteiger partial charge on any atom is -0.480 e. The zero-order valence-electron chi connectivity index (χ0n) is 10.3. The van der Waals surface area contributed by atoms with E-state index >= 15 is 0 Å². The van der Waals surface area contributed by atoms with Crippen molar-refractivity contribution in [2.24, 2.45) is 0 Å². The lowest BCUT2D eigenvalue weighted by molar-refractivity contribution is -0.138. The maximum Gasteiger partial charge on any atom is 0.327 e. The van der Waals surface area contributed by atoms with Gasteiger partial charge in [0.05, 0.1) is 0 Å². The van der Waals surface area contributed by atoms with Gasteiger partial charge < -0.3 is 10.4 Å². The van der Waals surface area contributed by atoms with E-state index in [0.717, 1.165) is 5.56 Å². The second kappa shape index (κ2) is 5.44. The third kappa shape index (κ3) is 2.52. The second-order valence-corrected chi connectivity index (χ2v) is 4.24. The molecule has 0 spiro atoms. The van der Waals surface area contributed by atoms with Gasteiger partial charge >= 0.3 is 12.0 Å². The fraction of sp³-hybridized carbons (Fsp3) is 0.286. The molecule has 1 aliphatic heterocycles. The van der Waals surface area contributed by atoms with Gasteiger partial charge in [-0.15, -0.1) is 12.3 Å². The summed E-state index contributed by atoms with van der Waals surface area (Å²) in [4.78, 5) is 24.6. The summed E-state index contributed by atoms with van der Waals surface area (Å²) in [6.45, 7) is 0.334. The van der Waals surface area contributed by atoms with Crippen LogP contribution in [0.5, 0.6) is 0 Å². The number of carboxylic acid groups (broad SMARTS) is 1. The van der Waals surface area contributed by atoms with Gasteiger partial charge in [-0.3, -0.25) is 4.90 Å². The first-order valence-corrected chi connectivity index (χ1v) is 5.96. The van der Waals surface area contributed by atoms with E-state index in [9.17, 15) is 14.7 Å². The molecule has 0 fully saturated rings. The Bertz CT molecular complexity index is 548. The van der Waals surface area contributed by atoms with Gasteiger partial charge in [0.1, 0.15) is 6.04 Å². The van der Waals surface area contributed by atoms with E-state index in [-0.39, 0.29) is 0 Å². The lowest BCUT2D eigenvalue weighted by Crippen LogP contribution is -2.48. The summed E-state index contributed by atoms with van der Waals surface area (Å²) in [6.07, 6.45) is 5.85. The van der Waals surface area contributed by atoms with Crippen LogP contribution in [-0.2, 0) is 11.2 Å². The Hall–Kier alpha value is -2.48. The van der Waals surface area contributed by atoms with Crippen LogP contribution in [0.2, 0.25) is 0 Å². The van der Waals surface area contributed by atoms with Gasteiger partial charge in [-0.25, -0.2) is 9.59 Å². The first-order valence-electron chi connectivity index (χ1n) is 5.96. The molecule has 0 radical (unpaired) electrons. The largest absolute Gasteiger partial charge is 0.480 e. The first kappa shape index (κ1) is 13.0. The van der Waals surface area contributed by atoms with Crippen molar-refractivity contribution in [2.75, 3.05) is 11.4 Å². The molecule has 1 aliphatic rings. The molecule has 0 bridgehead atoms. The molecule has 1 aromatic carbocycles. The average molecular weight is 258 g/mol. The van der Waals surface area contributed by atoms with Gasteiger partial charge in [0.2, 0.25) is 0 Å². The predicted molar refractivity (Wildman–Crippen MR) is 70.9 cm³/mol. The number of nitrogens with one attached hydrogen (secondary N) is 1. The van der Waals surface area contributed by atoms with Gasteiger partial charge in [-0.1, -0.05) is 18.2 Å². The van der Waals surface area contributed by atoms with E-state index in [0.29, 0.717) is 25.1 Å². The zero-order valence-corrected chi connectivity index (χ0v) is 10.3. The van der Waals surface area contributed by atoms with Crippen LogP contribution in [0.3, 0.4) is 0 Å². The minimum absolute atomic E-state index is 0.327. The van der Waals surface area contributed by atoms with Crippen molar-refractivity contribution in [1.29, 1.82) is 0 Å². The number of carboxylic acids is 1. The van der Waals surface area contributed by atoms with Crippen molar-refractivity contribution in [2.45, 2.75) is 18.9 Å². The number of carbonyl (C=O) groups excluding carboxylic acids is 1. The van der Waals surface area contributed by atoms with E-state index in [1.807, 2.05) is 12.1 Å². The number of urea groups is 1. The lowest BCUT2D eigenvalue weighted by atomic mass is 10.1. The molecule has 5 heteroatoms. The molecular weight excluding hydrogens is 244 g/mol. The van der Waals surface area contributed by atoms with Crippen LogP contribution < -0.4 is 10.2 Å². The number of carbonyl (C=O) groups is 2. The molecule has 2 rings (SSSR count). The van der Waals surface area contributed by atoms with Crippen LogP contribution >= 0.6 is 0 Å². The van der Waals surface area contributed by atoms with Gasteiger partial charge in [-0.2, -0.15) is 0 Å². The Morgan fingerprint density at radius 2 is 2.21 bits per heavy atom. The third-order valence-electron chi connectivity index (χ3n) is 3.03. The van der Waals surface area contributed by atoms with Gasteiger partial charge in [0, 0.05) is 25.1 Å². The Labute approximate surface area is 111 Å². The summed E-state index contributed by atoms with van der Waals surface area (Å²) in [5.74, 6) is 1.41. The van der Waals surface area contributed by atoms with Crippen molar-refractivity contribution in [3.8, 4) is 12.3 Å². The quantitative estimate of drug-likeness (QED) is 0.633. The van der Waals surface area contributed by atoms with E-state index in [4.69, 9.17) is 6.42 Å². The molecule has 0 aliphatic carbocycles. The van der Waals surface area contributed by atoms with Crippen LogP contribution in [0, 0.1) is 12.3 Å². The Morgan fingerprint density at radius 3 is 2.89 bits per heavy atom. The Kier molecular flexibility index (Phi) is 3.71. The summed E-state index contributed by atoms with van der Waals surface area (Å²) in [7, 11) is 0. The molecule has 1 atom stereocenters. The SMILES string of the molecule is C#CCCNC(=O)N1c2ccccc2CC1C(=O)O. The van der Waals surface area contributed by atoms with E-state index in [1.54, 1.807) is 12.1 Å². The maximum atomic E-state index is 12.1. The van der Waals surface area contributed by atoms with Crippen LogP contribution in [0.25, 0.3) is 0 Å². The number of terminal acetylenes is 1. The fourth-order valence-electron chi connectivity index (χ4n) is 2.16. The standard InChI is InChI=1S/C14H14N2O3/c1-2-3-8-15-14(19)16-11-7-5-4-6-10(11)9-12(16)13(17)18/h1,4-7,12H,3,8-9H2,(H,15,19)(H,17,18). The van der Waals surface area contributed by atoms with Crippen molar-refractivity contribution in [3.05, 3.63) is 29.8 Å². The van der Waals surface area contributed by atoms with E-state index in [1.165, 1.54) is 4.90 Å². The number of aliphatic carboxylic acids is 1. The average Bonchev–Trinajstić information content (AvgIpc) is 2.78. The van der Waals surface area contributed by atoms with E-state index < -0.39 is 18.0 Å². The van der Waals surface area contributed by atoms with Crippen LogP contribution in [0.4, 0.5) is 10.5 Å². The Balaban J connectivity index is 2.22. The molecule has 2 amide bonds. The Morgan fingerprint density at radius 1 is 1.47 bits per heavy atom. The molecule has 19 heavy (non-hydrogen) atoms. The van der Waals surface area contributed by atoms with Gasteiger partial charge in [-0.05, 0) is 11.6 Å². The highest BCUT2D eigenvalue weighted by atomic mass is 16.4. The monoisotopic (exact) mass is 258 g/mol. The smallest absolute Gasteiger partial charge is 0.327 e. The number of fused-ring (bicyclic) bond motifs is 1. The van der Waals surface area contributed by atoms with Crippen molar-refractivity contribution in [3.63, 3.8) is 0 Å². The number of anilines is 1. The number of amides is 2. The minimum atomic E-state index is -1.01.